The zero-order chi connectivity index (χ0) is 23.4. The molecule has 0 saturated carbocycles. The van der Waals surface area contributed by atoms with Gasteiger partial charge in [-0.25, -0.2) is 0 Å². The molecule has 0 amide bonds. The molecule has 0 bridgehead atoms. The second-order valence-electron chi connectivity index (χ2n) is 8.56. The summed E-state index contributed by atoms with van der Waals surface area (Å²) in [4.78, 5) is 36.3. The molecule has 0 aromatic carbocycles. The highest BCUT2D eigenvalue weighted by molar-refractivity contribution is 5.70. The Labute approximate surface area is 189 Å². The molecule has 0 atom stereocenters. The van der Waals surface area contributed by atoms with Crippen LogP contribution in [0.25, 0.3) is 0 Å². The molecule has 0 heterocycles. The quantitative estimate of drug-likeness (QED) is 0.128. The van der Waals surface area contributed by atoms with E-state index >= 15 is 0 Å². The smallest absolute Gasteiger partial charge is 0.305 e. The number of carbonyl (C=O) groups excluding carboxylic acids is 3. The predicted molar refractivity (Wildman–Crippen MR) is 123 cm³/mol. The van der Waals surface area contributed by atoms with Crippen molar-refractivity contribution in [3.05, 3.63) is 0 Å². The highest BCUT2D eigenvalue weighted by Crippen LogP contribution is 2.25. The van der Waals surface area contributed by atoms with Gasteiger partial charge in [-0.15, -0.1) is 0 Å². The molecule has 0 rings (SSSR count). The average Bonchev–Trinajstić information content (AvgIpc) is 2.78. The van der Waals surface area contributed by atoms with Crippen LogP contribution in [0.4, 0.5) is 0 Å². The fourth-order valence-corrected chi connectivity index (χ4v) is 3.06. The molecule has 6 heteroatoms. The monoisotopic (exact) mass is 442 g/mol. The summed E-state index contributed by atoms with van der Waals surface area (Å²) in [5.41, 5.74) is -0.708. The molecular formula is C25H46O6. The third-order valence-corrected chi connectivity index (χ3v) is 5.57. The van der Waals surface area contributed by atoms with Gasteiger partial charge in [0.05, 0.1) is 5.41 Å². The largest absolute Gasteiger partial charge is 0.465 e. The molecule has 0 aromatic heterocycles. The average molecular weight is 443 g/mol. The lowest BCUT2D eigenvalue weighted by Crippen LogP contribution is -2.39. The maximum absolute atomic E-state index is 12.2. The van der Waals surface area contributed by atoms with E-state index in [0.717, 1.165) is 64.2 Å². The maximum atomic E-state index is 12.2. The van der Waals surface area contributed by atoms with Crippen LogP contribution in [0.15, 0.2) is 0 Å². The number of unbranched alkanes of at least 4 members (excludes halogenated alkanes) is 7. The van der Waals surface area contributed by atoms with Crippen LogP contribution < -0.4 is 0 Å². The Hall–Kier alpha value is -1.59. The van der Waals surface area contributed by atoms with Gasteiger partial charge >= 0.3 is 17.9 Å². The van der Waals surface area contributed by atoms with Crippen LogP contribution in [-0.4, -0.2) is 37.7 Å². The lowest BCUT2D eigenvalue weighted by Gasteiger charge is -2.31. The van der Waals surface area contributed by atoms with Gasteiger partial charge in [-0.05, 0) is 25.7 Å². The third kappa shape index (κ3) is 15.8. The van der Waals surface area contributed by atoms with Crippen molar-refractivity contribution in [3.63, 3.8) is 0 Å². The van der Waals surface area contributed by atoms with Crippen LogP contribution in [0.1, 0.15) is 118 Å². The second kappa shape index (κ2) is 19.1. The first-order chi connectivity index (χ1) is 14.9. The molecule has 182 valence electrons. The van der Waals surface area contributed by atoms with Crippen molar-refractivity contribution in [3.8, 4) is 0 Å². The predicted octanol–water partition coefficient (Wildman–Crippen LogP) is 6.14. The molecule has 0 fully saturated rings. The molecule has 0 aliphatic rings. The van der Waals surface area contributed by atoms with Crippen LogP contribution in [-0.2, 0) is 28.6 Å². The van der Waals surface area contributed by atoms with Gasteiger partial charge in [-0.3, -0.25) is 14.4 Å². The van der Waals surface area contributed by atoms with Gasteiger partial charge in [0.1, 0.15) is 19.8 Å². The number of hydrogen-bond donors (Lipinski definition) is 0. The van der Waals surface area contributed by atoms with Gasteiger partial charge in [-0.1, -0.05) is 72.6 Å². The number of rotatable bonds is 20. The van der Waals surface area contributed by atoms with Gasteiger partial charge in [-0.2, -0.15) is 0 Å². The minimum absolute atomic E-state index is 0.0816. The summed E-state index contributed by atoms with van der Waals surface area (Å²) in [7, 11) is 0. The molecule has 0 spiro atoms. The number of hydrogen-bond acceptors (Lipinski definition) is 6. The van der Waals surface area contributed by atoms with E-state index in [1.807, 2.05) is 13.8 Å². The minimum Gasteiger partial charge on any atom is -0.465 e. The van der Waals surface area contributed by atoms with E-state index in [2.05, 4.69) is 13.8 Å². The van der Waals surface area contributed by atoms with Crippen molar-refractivity contribution in [2.24, 2.45) is 5.41 Å². The first-order valence-corrected chi connectivity index (χ1v) is 12.4. The first kappa shape index (κ1) is 29.4. The zero-order valence-electron chi connectivity index (χ0n) is 20.5. The molecule has 0 aromatic rings. The molecule has 6 nitrogen and oxygen atoms in total. The maximum Gasteiger partial charge on any atom is 0.305 e. The SMILES string of the molecule is CCCCCCC(=O)OCC(CC)(COC(=O)CCCC)COC(=O)CCCCCC. The Morgan fingerprint density at radius 3 is 1.19 bits per heavy atom. The highest BCUT2D eigenvalue weighted by atomic mass is 16.6. The Morgan fingerprint density at radius 2 is 0.871 bits per heavy atom. The van der Waals surface area contributed by atoms with Gasteiger partial charge in [0.2, 0.25) is 0 Å². The Morgan fingerprint density at radius 1 is 0.516 bits per heavy atom. The fourth-order valence-electron chi connectivity index (χ4n) is 3.06. The zero-order valence-corrected chi connectivity index (χ0v) is 20.5. The van der Waals surface area contributed by atoms with Gasteiger partial charge < -0.3 is 14.2 Å². The molecule has 0 radical (unpaired) electrons. The molecule has 0 aliphatic carbocycles. The van der Waals surface area contributed by atoms with Crippen LogP contribution in [0.5, 0.6) is 0 Å². The molecular weight excluding hydrogens is 396 g/mol. The molecule has 31 heavy (non-hydrogen) atoms. The van der Waals surface area contributed by atoms with Gasteiger partial charge in [0.25, 0.3) is 0 Å². The summed E-state index contributed by atoms with van der Waals surface area (Å²) in [6, 6.07) is 0. The highest BCUT2D eigenvalue weighted by Gasteiger charge is 2.34. The van der Waals surface area contributed by atoms with E-state index in [1.54, 1.807) is 0 Å². The molecule has 0 N–H and O–H groups in total. The van der Waals surface area contributed by atoms with E-state index in [4.69, 9.17) is 14.2 Å². The van der Waals surface area contributed by atoms with Crippen molar-refractivity contribution >= 4 is 17.9 Å². The summed E-state index contributed by atoms with van der Waals surface area (Å²) in [6.45, 7) is 8.45. The van der Waals surface area contributed by atoms with E-state index < -0.39 is 5.41 Å². The topological polar surface area (TPSA) is 78.9 Å². The van der Waals surface area contributed by atoms with E-state index in [1.165, 1.54) is 0 Å². The van der Waals surface area contributed by atoms with Crippen molar-refractivity contribution in [1.82, 2.24) is 0 Å². The van der Waals surface area contributed by atoms with E-state index in [9.17, 15) is 14.4 Å². The van der Waals surface area contributed by atoms with Crippen LogP contribution >= 0.6 is 0 Å². The lowest BCUT2D eigenvalue weighted by molar-refractivity contribution is -0.162. The fraction of sp³-hybridized carbons (Fsp3) is 0.880. The second-order valence-corrected chi connectivity index (χ2v) is 8.56. The molecule has 0 saturated heterocycles. The summed E-state index contributed by atoms with van der Waals surface area (Å²) < 4.78 is 16.5. The summed E-state index contributed by atoms with van der Waals surface area (Å²) in [6.07, 6.45) is 11.5. The molecule has 0 unspecified atom stereocenters. The Kier molecular flexibility index (Phi) is 18.1. The summed E-state index contributed by atoms with van der Waals surface area (Å²) >= 11 is 0. The Balaban J connectivity index is 4.77. The lowest BCUT2D eigenvalue weighted by atomic mass is 9.88. The number of esters is 3. The van der Waals surface area contributed by atoms with Crippen molar-refractivity contribution in [2.75, 3.05) is 19.8 Å². The van der Waals surface area contributed by atoms with Crippen LogP contribution in [0.2, 0.25) is 0 Å². The van der Waals surface area contributed by atoms with E-state index in [0.29, 0.717) is 25.7 Å². The summed E-state index contributed by atoms with van der Waals surface area (Å²) in [5.74, 6) is -0.772. The van der Waals surface area contributed by atoms with Crippen LogP contribution in [0, 0.1) is 5.41 Å². The standard InChI is InChI=1S/C25H46O6/c1-5-9-12-14-17-23(27)30-20-25(8-4,19-29-22(26)16-11-7-3)21-31-24(28)18-15-13-10-6-2/h5-21H2,1-4H3. The third-order valence-electron chi connectivity index (χ3n) is 5.57. The van der Waals surface area contributed by atoms with Crippen molar-refractivity contribution in [1.29, 1.82) is 0 Å². The van der Waals surface area contributed by atoms with Crippen molar-refractivity contribution in [2.45, 2.75) is 118 Å². The Bertz CT molecular complexity index is 460. The van der Waals surface area contributed by atoms with Crippen molar-refractivity contribution < 1.29 is 28.6 Å². The normalized spacial score (nSPS) is 11.2. The number of ether oxygens (including phenoxy) is 3. The number of carbonyl (C=O) groups is 3. The first-order valence-electron chi connectivity index (χ1n) is 12.4. The molecule has 0 aliphatic heterocycles. The summed E-state index contributed by atoms with van der Waals surface area (Å²) in [5, 5.41) is 0. The van der Waals surface area contributed by atoms with E-state index in [-0.39, 0.29) is 37.7 Å². The van der Waals surface area contributed by atoms with Gasteiger partial charge in [0.15, 0.2) is 0 Å². The van der Waals surface area contributed by atoms with Gasteiger partial charge in [0, 0.05) is 19.3 Å². The van der Waals surface area contributed by atoms with Crippen LogP contribution in [0.3, 0.4) is 0 Å². The minimum atomic E-state index is -0.708.